The van der Waals surface area contributed by atoms with Crippen molar-refractivity contribution in [1.29, 1.82) is 5.41 Å². The zero-order chi connectivity index (χ0) is 20.9. The van der Waals surface area contributed by atoms with Gasteiger partial charge in [-0.05, 0) is 46.2 Å². The third-order valence-electron chi connectivity index (χ3n) is 5.61. The lowest BCUT2D eigenvalue weighted by molar-refractivity contribution is -0.0316. The van der Waals surface area contributed by atoms with Crippen molar-refractivity contribution in [1.82, 2.24) is 19.6 Å². The summed E-state index contributed by atoms with van der Waals surface area (Å²) in [6.07, 6.45) is 2.30. The van der Waals surface area contributed by atoms with Gasteiger partial charge in [-0.3, -0.25) is 14.7 Å². The number of urea groups is 1. The van der Waals surface area contributed by atoms with Crippen LogP contribution in [0.4, 0.5) is 4.79 Å². The van der Waals surface area contributed by atoms with Crippen LogP contribution in [0.1, 0.15) is 32.1 Å². The van der Waals surface area contributed by atoms with Gasteiger partial charge in [-0.15, -0.1) is 4.28 Å². The smallest absolute Gasteiger partial charge is 0.310 e. The summed E-state index contributed by atoms with van der Waals surface area (Å²) in [6.45, 7) is 0.0786. The van der Waals surface area contributed by atoms with Crippen molar-refractivity contribution in [3.63, 3.8) is 0 Å². The Morgan fingerprint density at radius 1 is 1.21 bits per heavy atom. The highest BCUT2D eigenvalue weighted by molar-refractivity contribution is 7.90. The highest BCUT2D eigenvalue weighted by atomic mass is 32.3. The highest BCUT2D eigenvalue weighted by Gasteiger charge is 2.49. The first kappa shape index (κ1) is 21.2. The molecule has 4 unspecified atom stereocenters. The summed E-state index contributed by atoms with van der Waals surface area (Å²) in [5.74, 6) is -0.325. The monoisotopic (exact) mass is 439 g/mol. The molecule has 0 radical (unpaired) electrons. The van der Waals surface area contributed by atoms with Gasteiger partial charge in [0.05, 0.1) is 17.3 Å². The number of hydrogen-bond donors (Lipinski definition) is 3. The van der Waals surface area contributed by atoms with Crippen molar-refractivity contribution >= 4 is 32.3 Å². The van der Waals surface area contributed by atoms with Crippen molar-refractivity contribution < 1.29 is 30.5 Å². The normalized spacial score (nSPS) is 30.9. The van der Waals surface area contributed by atoms with Crippen LogP contribution < -0.4 is 4.72 Å². The van der Waals surface area contributed by atoms with Gasteiger partial charge in [0, 0.05) is 12.6 Å². The molecule has 2 bridgehead atoms. The van der Waals surface area contributed by atoms with Gasteiger partial charge >= 0.3 is 16.4 Å². The Hall–Kier alpha value is -1.48. The molecule has 3 fully saturated rings. The zero-order valence-electron chi connectivity index (χ0n) is 15.6. The topological polar surface area (TPSA) is 160 Å². The number of nitrogens with one attached hydrogen (secondary N) is 2. The fourth-order valence-electron chi connectivity index (χ4n) is 4.10. The fourth-order valence-corrected chi connectivity index (χ4v) is 6.02. The summed E-state index contributed by atoms with van der Waals surface area (Å²) in [5, 5.41) is 8.16. The minimum atomic E-state index is -4.86. The average molecular weight is 440 g/mol. The molecule has 1 aliphatic carbocycles. The summed E-state index contributed by atoms with van der Waals surface area (Å²) in [5.41, 5.74) is 0. The van der Waals surface area contributed by atoms with Crippen LogP contribution in [0, 0.1) is 5.41 Å². The number of carbonyl (C=O) groups is 1. The minimum absolute atomic E-state index is 0.0786. The van der Waals surface area contributed by atoms with E-state index in [1.165, 1.54) is 4.90 Å². The van der Waals surface area contributed by atoms with E-state index in [9.17, 15) is 21.6 Å². The van der Waals surface area contributed by atoms with Gasteiger partial charge in [0.15, 0.2) is 0 Å². The Morgan fingerprint density at radius 3 is 2.46 bits per heavy atom. The van der Waals surface area contributed by atoms with Gasteiger partial charge < -0.3 is 9.80 Å². The Labute approximate surface area is 164 Å². The number of nitrogens with zero attached hydrogens (tertiary/aromatic N) is 3. The van der Waals surface area contributed by atoms with Crippen LogP contribution in [-0.4, -0.2) is 92.1 Å². The van der Waals surface area contributed by atoms with Crippen molar-refractivity contribution in [2.45, 2.75) is 55.5 Å². The molecule has 2 aliphatic heterocycles. The second-order valence-corrected chi connectivity index (χ2v) is 10.6. The molecule has 12 nitrogen and oxygen atoms in total. The Balaban J connectivity index is 1.66. The number of fused-ring (bicyclic) bond motifs is 2. The van der Waals surface area contributed by atoms with Gasteiger partial charge in [-0.1, -0.05) is 0 Å². The van der Waals surface area contributed by atoms with Gasteiger partial charge in [-0.25, -0.2) is 13.2 Å². The van der Waals surface area contributed by atoms with Gasteiger partial charge in [-0.2, -0.15) is 13.5 Å². The molecule has 3 aliphatic rings. The number of rotatable bonds is 6. The van der Waals surface area contributed by atoms with Crippen LogP contribution >= 0.6 is 0 Å². The first-order valence-electron chi connectivity index (χ1n) is 8.92. The van der Waals surface area contributed by atoms with Crippen LogP contribution in [-0.2, 0) is 24.7 Å². The van der Waals surface area contributed by atoms with E-state index in [4.69, 9.17) is 9.96 Å². The second kappa shape index (κ2) is 7.40. The van der Waals surface area contributed by atoms with Crippen LogP contribution in [0.25, 0.3) is 0 Å². The lowest BCUT2D eigenvalue weighted by atomic mass is 10.0. The molecule has 2 amide bonds. The minimum Gasteiger partial charge on any atom is -0.310 e. The first-order chi connectivity index (χ1) is 12.9. The molecule has 2 heterocycles. The predicted octanol–water partition coefficient (Wildman–Crippen LogP) is -0.631. The highest BCUT2D eigenvalue weighted by Crippen LogP contribution is 2.32. The first-order valence-corrected chi connectivity index (χ1v) is 11.8. The quantitative estimate of drug-likeness (QED) is 0.280. The third-order valence-corrected chi connectivity index (χ3v) is 7.77. The van der Waals surface area contributed by atoms with Gasteiger partial charge in [0.1, 0.15) is 5.84 Å². The molecule has 0 aromatic heterocycles. The van der Waals surface area contributed by atoms with Crippen LogP contribution in [0.2, 0.25) is 0 Å². The second-order valence-electron chi connectivity index (χ2n) is 7.62. The van der Waals surface area contributed by atoms with E-state index in [-0.39, 0.29) is 24.8 Å². The molecule has 0 aromatic carbocycles. The maximum absolute atomic E-state index is 12.7. The number of amides is 2. The van der Waals surface area contributed by atoms with E-state index in [0.717, 1.165) is 6.42 Å². The standard InChI is InChI=1S/C14H25N5O7S2/c1-17(2)9-3-5-11(7-9)27(21,22)16-13(15)12-6-4-10-8-18(12)14(20)19(10)26-28(23,24)25/h9-12H,3-8H2,1-2H3,(H2,15,16)(H,23,24,25). The van der Waals surface area contributed by atoms with Gasteiger partial charge in [0.25, 0.3) is 0 Å². The summed E-state index contributed by atoms with van der Waals surface area (Å²) in [4.78, 5) is 15.6. The number of sulfonamides is 1. The van der Waals surface area contributed by atoms with Crippen molar-refractivity contribution in [2.24, 2.45) is 0 Å². The molecule has 14 heteroatoms. The van der Waals surface area contributed by atoms with E-state index in [1.807, 2.05) is 19.0 Å². The largest absolute Gasteiger partial charge is 0.418 e. The third kappa shape index (κ3) is 4.25. The van der Waals surface area contributed by atoms with Gasteiger partial charge in [0.2, 0.25) is 10.0 Å². The number of amidine groups is 1. The molecular weight excluding hydrogens is 414 g/mol. The van der Waals surface area contributed by atoms with Crippen LogP contribution in [0.5, 0.6) is 0 Å². The molecule has 3 rings (SSSR count). The molecular formula is C14H25N5O7S2. The Morgan fingerprint density at radius 2 is 1.89 bits per heavy atom. The molecule has 2 saturated heterocycles. The Kier molecular flexibility index (Phi) is 5.62. The summed E-state index contributed by atoms with van der Waals surface area (Å²) in [7, 11) is -4.84. The summed E-state index contributed by atoms with van der Waals surface area (Å²) >= 11 is 0. The van der Waals surface area contributed by atoms with E-state index in [0.29, 0.717) is 24.3 Å². The average Bonchev–Trinajstić information content (AvgIpc) is 3.15. The number of hydroxylamine groups is 2. The van der Waals surface area contributed by atoms with Crippen molar-refractivity contribution in [3.8, 4) is 0 Å². The summed E-state index contributed by atoms with van der Waals surface area (Å²) < 4.78 is 62.7. The number of piperidine rings is 1. The maximum atomic E-state index is 12.7. The van der Waals surface area contributed by atoms with Crippen molar-refractivity contribution in [2.75, 3.05) is 20.6 Å². The van der Waals surface area contributed by atoms with Crippen LogP contribution in [0.15, 0.2) is 0 Å². The van der Waals surface area contributed by atoms with E-state index < -0.39 is 43.8 Å². The predicted molar refractivity (Wildman–Crippen MR) is 98.3 cm³/mol. The molecule has 160 valence electrons. The molecule has 4 atom stereocenters. The molecule has 3 N–H and O–H groups in total. The van der Waals surface area contributed by atoms with Crippen molar-refractivity contribution in [3.05, 3.63) is 0 Å². The maximum Gasteiger partial charge on any atom is 0.418 e. The lowest BCUT2D eigenvalue weighted by Gasteiger charge is -2.31. The Bertz CT molecular complexity index is 859. The van der Waals surface area contributed by atoms with E-state index >= 15 is 0 Å². The summed E-state index contributed by atoms with van der Waals surface area (Å²) in [6, 6.07) is -2.09. The molecule has 1 saturated carbocycles. The zero-order valence-corrected chi connectivity index (χ0v) is 17.2. The molecule has 28 heavy (non-hydrogen) atoms. The lowest BCUT2D eigenvalue weighted by Crippen LogP contribution is -2.52. The fraction of sp³-hybridized carbons (Fsp3) is 0.857. The number of hydrogen-bond acceptors (Lipinski definition) is 8. The van der Waals surface area contributed by atoms with Crippen LogP contribution in [0.3, 0.4) is 0 Å². The van der Waals surface area contributed by atoms with E-state index in [2.05, 4.69) is 9.01 Å². The number of carbonyl (C=O) groups excluding carboxylic acids is 1. The molecule has 0 spiro atoms. The van der Waals surface area contributed by atoms with E-state index in [1.54, 1.807) is 0 Å². The SMILES string of the molecule is CN(C)C1CCC(S(=O)(=O)NC(=N)C2CCC3CN2C(=O)N3OS(=O)(=O)O)C1. The molecule has 0 aromatic rings.